The fourth-order valence-electron chi connectivity index (χ4n) is 0.920. The first kappa shape index (κ1) is 7.67. The molecular weight excluding hydrogens is 146 g/mol. The van der Waals surface area contributed by atoms with E-state index in [1.54, 1.807) is 0 Å². The number of nitrogens with one attached hydrogen (secondary N) is 1. The molecule has 0 aliphatic rings. The number of aromatic amines is 1. The minimum absolute atomic E-state index is 0.150. The summed E-state index contributed by atoms with van der Waals surface area (Å²) in [5, 5.41) is 0.826. The van der Waals surface area contributed by atoms with E-state index in [0.717, 1.165) is 5.02 Å². The molecule has 0 saturated heterocycles. The number of H-pyrrole nitrogens is 1. The molecule has 0 fully saturated rings. The molecular formula is C8H12ClN. The topological polar surface area (TPSA) is 15.8 Å². The summed E-state index contributed by atoms with van der Waals surface area (Å²) in [4.78, 5) is 2.97. The first-order chi connectivity index (χ1) is 4.52. The first-order valence-electron chi connectivity index (χ1n) is 3.34. The number of aromatic nitrogens is 1. The third kappa shape index (κ3) is 1.35. The van der Waals surface area contributed by atoms with Crippen molar-refractivity contribution in [2.24, 2.45) is 0 Å². The molecule has 0 bridgehead atoms. The van der Waals surface area contributed by atoms with E-state index < -0.39 is 0 Å². The molecule has 0 unspecified atom stereocenters. The molecule has 0 spiro atoms. The molecule has 0 amide bonds. The Morgan fingerprint density at radius 3 is 2.10 bits per heavy atom. The summed E-state index contributed by atoms with van der Waals surface area (Å²) >= 11 is 5.89. The van der Waals surface area contributed by atoms with E-state index in [1.165, 1.54) is 5.56 Å². The maximum Gasteiger partial charge on any atom is 0.0617 e. The van der Waals surface area contributed by atoms with Gasteiger partial charge in [-0.05, 0) is 11.0 Å². The second-order valence-corrected chi connectivity index (χ2v) is 3.87. The second-order valence-electron chi connectivity index (χ2n) is 3.47. The lowest BCUT2D eigenvalue weighted by Gasteiger charge is -2.16. The highest BCUT2D eigenvalue weighted by atomic mass is 35.5. The second kappa shape index (κ2) is 2.31. The van der Waals surface area contributed by atoms with Crippen molar-refractivity contribution in [2.75, 3.05) is 0 Å². The van der Waals surface area contributed by atoms with Crippen LogP contribution in [-0.2, 0) is 5.41 Å². The van der Waals surface area contributed by atoms with E-state index in [0.29, 0.717) is 0 Å². The summed E-state index contributed by atoms with van der Waals surface area (Å²) in [5.74, 6) is 0. The Labute approximate surface area is 66.4 Å². The minimum atomic E-state index is 0.150. The largest absolute Gasteiger partial charge is 0.366 e. The SMILES string of the molecule is CC(C)(C)c1c[nH]cc1Cl. The highest BCUT2D eigenvalue weighted by Gasteiger charge is 2.17. The fourth-order valence-corrected chi connectivity index (χ4v) is 1.32. The fraction of sp³-hybridized carbons (Fsp3) is 0.500. The molecule has 1 nitrogen and oxygen atoms in total. The number of hydrogen-bond donors (Lipinski definition) is 1. The zero-order valence-electron chi connectivity index (χ0n) is 6.53. The van der Waals surface area contributed by atoms with Crippen LogP contribution in [0.25, 0.3) is 0 Å². The molecule has 1 heterocycles. The smallest absolute Gasteiger partial charge is 0.0617 e. The molecule has 1 N–H and O–H groups in total. The first-order valence-corrected chi connectivity index (χ1v) is 3.72. The lowest BCUT2D eigenvalue weighted by Crippen LogP contribution is -2.09. The molecule has 0 radical (unpaired) electrons. The highest BCUT2D eigenvalue weighted by molar-refractivity contribution is 6.31. The van der Waals surface area contributed by atoms with Gasteiger partial charge in [0.15, 0.2) is 0 Å². The molecule has 0 saturated carbocycles. The number of hydrogen-bond acceptors (Lipinski definition) is 0. The summed E-state index contributed by atoms with van der Waals surface area (Å²) in [6.07, 6.45) is 3.75. The molecule has 0 aromatic carbocycles. The molecule has 0 atom stereocenters. The van der Waals surface area contributed by atoms with E-state index in [1.807, 2.05) is 12.4 Å². The van der Waals surface area contributed by atoms with Crippen LogP contribution in [0.4, 0.5) is 0 Å². The molecule has 1 aromatic heterocycles. The zero-order chi connectivity index (χ0) is 7.78. The van der Waals surface area contributed by atoms with Crippen molar-refractivity contribution in [2.45, 2.75) is 26.2 Å². The van der Waals surface area contributed by atoms with E-state index in [2.05, 4.69) is 25.8 Å². The van der Waals surface area contributed by atoms with Gasteiger partial charge in [-0.3, -0.25) is 0 Å². The molecule has 0 aliphatic heterocycles. The van der Waals surface area contributed by atoms with Crippen LogP contribution in [0.2, 0.25) is 5.02 Å². The van der Waals surface area contributed by atoms with Gasteiger partial charge in [-0.1, -0.05) is 32.4 Å². The van der Waals surface area contributed by atoms with Crippen LogP contribution >= 0.6 is 11.6 Å². The zero-order valence-corrected chi connectivity index (χ0v) is 7.29. The highest BCUT2D eigenvalue weighted by Crippen LogP contribution is 2.28. The van der Waals surface area contributed by atoms with Crippen LogP contribution in [0.15, 0.2) is 12.4 Å². The lowest BCUT2D eigenvalue weighted by molar-refractivity contribution is 0.591. The molecule has 1 rings (SSSR count). The molecule has 2 heteroatoms. The summed E-state index contributed by atoms with van der Waals surface area (Å²) in [7, 11) is 0. The Morgan fingerprint density at radius 1 is 1.30 bits per heavy atom. The van der Waals surface area contributed by atoms with Crippen molar-refractivity contribution in [3.05, 3.63) is 23.0 Å². The van der Waals surface area contributed by atoms with Crippen LogP contribution in [0.1, 0.15) is 26.3 Å². The van der Waals surface area contributed by atoms with Gasteiger partial charge in [0.1, 0.15) is 0 Å². The van der Waals surface area contributed by atoms with Crippen LogP contribution in [0, 0.1) is 0 Å². The predicted octanol–water partition coefficient (Wildman–Crippen LogP) is 2.97. The van der Waals surface area contributed by atoms with Crippen LogP contribution in [0.3, 0.4) is 0 Å². The van der Waals surface area contributed by atoms with Gasteiger partial charge < -0.3 is 4.98 Å². The van der Waals surface area contributed by atoms with Crippen molar-refractivity contribution in [1.29, 1.82) is 0 Å². The van der Waals surface area contributed by atoms with Gasteiger partial charge in [0.05, 0.1) is 5.02 Å². The maximum absolute atomic E-state index is 5.89. The minimum Gasteiger partial charge on any atom is -0.366 e. The molecule has 10 heavy (non-hydrogen) atoms. The van der Waals surface area contributed by atoms with E-state index in [4.69, 9.17) is 11.6 Å². The maximum atomic E-state index is 5.89. The van der Waals surface area contributed by atoms with Crippen molar-refractivity contribution >= 4 is 11.6 Å². The van der Waals surface area contributed by atoms with Gasteiger partial charge in [-0.25, -0.2) is 0 Å². The third-order valence-corrected chi connectivity index (χ3v) is 1.82. The third-order valence-electron chi connectivity index (χ3n) is 1.50. The summed E-state index contributed by atoms with van der Waals surface area (Å²) in [5.41, 5.74) is 1.33. The van der Waals surface area contributed by atoms with Gasteiger partial charge in [-0.2, -0.15) is 0 Å². The molecule has 1 aromatic rings. The van der Waals surface area contributed by atoms with Crippen molar-refractivity contribution in [1.82, 2.24) is 4.98 Å². The molecule has 0 aliphatic carbocycles. The standard InChI is InChI=1S/C8H12ClN/c1-8(2,3)6-4-10-5-7(6)9/h4-5,10H,1-3H3. The van der Waals surface area contributed by atoms with E-state index >= 15 is 0 Å². The Hall–Kier alpha value is -0.430. The lowest BCUT2D eigenvalue weighted by atomic mass is 9.89. The predicted molar refractivity (Wildman–Crippen MR) is 44.5 cm³/mol. The van der Waals surface area contributed by atoms with Gasteiger partial charge in [0.25, 0.3) is 0 Å². The van der Waals surface area contributed by atoms with E-state index in [-0.39, 0.29) is 5.41 Å². The average Bonchev–Trinajstić information content (AvgIpc) is 2.11. The Kier molecular flexibility index (Phi) is 1.78. The van der Waals surface area contributed by atoms with Crippen LogP contribution in [-0.4, -0.2) is 4.98 Å². The van der Waals surface area contributed by atoms with Crippen molar-refractivity contribution in [3.63, 3.8) is 0 Å². The van der Waals surface area contributed by atoms with E-state index in [9.17, 15) is 0 Å². The number of rotatable bonds is 0. The Bertz CT molecular complexity index is 219. The van der Waals surface area contributed by atoms with Crippen LogP contribution in [0.5, 0.6) is 0 Å². The average molecular weight is 158 g/mol. The van der Waals surface area contributed by atoms with Crippen molar-refractivity contribution < 1.29 is 0 Å². The summed E-state index contributed by atoms with van der Waals surface area (Å²) in [6.45, 7) is 6.42. The Balaban J connectivity index is 3.05. The van der Waals surface area contributed by atoms with Gasteiger partial charge in [0, 0.05) is 12.4 Å². The van der Waals surface area contributed by atoms with Gasteiger partial charge in [-0.15, -0.1) is 0 Å². The summed E-state index contributed by atoms with van der Waals surface area (Å²) < 4.78 is 0. The van der Waals surface area contributed by atoms with Crippen molar-refractivity contribution in [3.8, 4) is 0 Å². The summed E-state index contributed by atoms with van der Waals surface area (Å²) in [6, 6.07) is 0. The number of halogens is 1. The quantitative estimate of drug-likeness (QED) is 0.596. The Morgan fingerprint density at radius 2 is 1.90 bits per heavy atom. The monoisotopic (exact) mass is 157 g/mol. The normalized spacial score (nSPS) is 12.0. The van der Waals surface area contributed by atoms with Crippen LogP contribution < -0.4 is 0 Å². The van der Waals surface area contributed by atoms with Gasteiger partial charge >= 0.3 is 0 Å². The molecule has 56 valence electrons. The van der Waals surface area contributed by atoms with Gasteiger partial charge in [0.2, 0.25) is 0 Å².